The molecule has 0 aliphatic rings. The van der Waals surface area contributed by atoms with E-state index in [2.05, 4.69) is 6.07 Å². The maximum absolute atomic E-state index is 9.42. The van der Waals surface area contributed by atoms with Gasteiger partial charge in [-0.15, -0.1) is 0 Å². The fraction of sp³-hybridized carbons (Fsp3) is 0.133. The van der Waals surface area contributed by atoms with E-state index in [1.54, 1.807) is 31.4 Å². The highest BCUT2D eigenvalue weighted by Crippen LogP contribution is 2.33. The highest BCUT2D eigenvalue weighted by molar-refractivity contribution is 6.30. The molecule has 2 aromatic rings. The summed E-state index contributed by atoms with van der Waals surface area (Å²) in [6.45, 7) is 0. The zero-order chi connectivity index (χ0) is 13.8. The summed E-state index contributed by atoms with van der Waals surface area (Å²) >= 11 is 5.86. The molecule has 0 aromatic heterocycles. The Kier molecular flexibility index (Phi) is 3.94. The normalized spacial score (nSPS) is 11.6. The molecule has 2 N–H and O–H groups in total. The molecular formula is C15H13ClN2O. The van der Waals surface area contributed by atoms with E-state index in [1.165, 1.54) is 0 Å². The molecule has 3 nitrogen and oxygen atoms in total. The molecule has 0 radical (unpaired) electrons. The number of nitrogens with zero attached hydrogens (tertiary/aromatic N) is 1. The fourth-order valence-electron chi connectivity index (χ4n) is 1.95. The lowest BCUT2D eigenvalue weighted by Crippen LogP contribution is -2.02. The van der Waals surface area contributed by atoms with Crippen molar-refractivity contribution in [2.45, 2.75) is 5.92 Å². The molecule has 0 amide bonds. The van der Waals surface area contributed by atoms with Gasteiger partial charge in [0.05, 0.1) is 19.1 Å². The van der Waals surface area contributed by atoms with Crippen LogP contribution < -0.4 is 10.5 Å². The van der Waals surface area contributed by atoms with Crippen LogP contribution in [0.15, 0.2) is 42.5 Å². The van der Waals surface area contributed by atoms with E-state index < -0.39 is 5.92 Å². The number of nitriles is 1. The Morgan fingerprint density at radius 2 is 1.89 bits per heavy atom. The van der Waals surface area contributed by atoms with Crippen molar-refractivity contribution in [3.05, 3.63) is 58.6 Å². The summed E-state index contributed by atoms with van der Waals surface area (Å²) in [5.41, 5.74) is 7.99. The third kappa shape index (κ3) is 2.81. The number of rotatable bonds is 3. The van der Waals surface area contributed by atoms with Gasteiger partial charge >= 0.3 is 0 Å². The second-order valence-electron chi connectivity index (χ2n) is 4.12. The van der Waals surface area contributed by atoms with E-state index >= 15 is 0 Å². The van der Waals surface area contributed by atoms with Gasteiger partial charge in [-0.2, -0.15) is 5.26 Å². The predicted octanol–water partition coefficient (Wildman–Crippen LogP) is 3.59. The molecule has 1 unspecified atom stereocenters. The Morgan fingerprint density at radius 3 is 2.47 bits per heavy atom. The lowest BCUT2D eigenvalue weighted by Gasteiger charge is -2.14. The molecule has 0 fully saturated rings. The zero-order valence-corrected chi connectivity index (χ0v) is 11.2. The van der Waals surface area contributed by atoms with Crippen molar-refractivity contribution < 1.29 is 4.74 Å². The fourth-order valence-corrected chi connectivity index (χ4v) is 2.07. The molecule has 0 aliphatic carbocycles. The summed E-state index contributed by atoms with van der Waals surface area (Å²) in [5, 5.41) is 10.1. The van der Waals surface area contributed by atoms with Gasteiger partial charge in [-0.05, 0) is 23.8 Å². The Labute approximate surface area is 117 Å². The van der Waals surface area contributed by atoms with Gasteiger partial charge in [0.1, 0.15) is 5.75 Å². The minimum absolute atomic E-state index is 0.409. The van der Waals surface area contributed by atoms with Crippen LogP contribution in [0.2, 0.25) is 5.02 Å². The number of benzene rings is 2. The van der Waals surface area contributed by atoms with E-state index in [9.17, 15) is 5.26 Å². The minimum Gasteiger partial charge on any atom is -0.496 e. The van der Waals surface area contributed by atoms with E-state index in [1.807, 2.05) is 18.2 Å². The van der Waals surface area contributed by atoms with E-state index in [-0.39, 0.29) is 0 Å². The first-order chi connectivity index (χ1) is 9.15. The van der Waals surface area contributed by atoms with Crippen LogP contribution in [-0.2, 0) is 0 Å². The largest absolute Gasteiger partial charge is 0.496 e. The van der Waals surface area contributed by atoms with Crippen molar-refractivity contribution in [1.82, 2.24) is 0 Å². The molecule has 0 heterocycles. The Morgan fingerprint density at radius 1 is 1.21 bits per heavy atom. The highest BCUT2D eigenvalue weighted by atomic mass is 35.5. The van der Waals surface area contributed by atoms with Gasteiger partial charge in [0, 0.05) is 22.3 Å². The van der Waals surface area contributed by atoms with Crippen LogP contribution in [0.3, 0.4) is 0 Å². The van der Waals surface area contributed by atoms with Crippen molar-refractivity contribution in [2.24, 2.45) is 0 Å². The Balaban J connectivity index is 2.48. The van der Waals surface area contributed by atoms with Crippen LogP contribution in [-0.4, -0.2) is 7.11 Å². The average Bonchev–Trinajstić information content (AvgIpc) is 2.43. The summed E-state index contributed by atoms with van der Waals surface area (Å²) in [4.78, 5) is 0. The molecule has 96 valence electrons. The maximum atomic E-state index is 9.42. The minimum atomic E-state index is -0.409. The lowest BCUT2D eigenvalue weighted by atomic mass is 9.92. The van der Waals surface area contributed by atoms with E-state index in [4.69, 9.17) is 22.1 Å². The number of methoxy groups -OCH3 is 1. The second kappa shape index (κ2) is 5.64. The number of anilines is 1. The van der Waals surface area contributed by atoms with Crippen LogP contribution in [0.1, 0.15) is 17.0 Å². The molecule has 2 aromatic carbocycles. The van der Waals surface area contributed by atoms with Crippen molar-refractivity contribution in [2.75, 3.05) is 12.8 Å². The van der Waals surface area contributed by atoms with Gasteiger partial charge in [-0.25, -0.2) is 0 Å². The van der Waals surface area contributed by atoms with Gasteiger partial charge in [-0.1, -0.05) is 29.8 Å². The number of nitrogens with two attached hydrogens (primary N) is 1. The summed E-state index contributed by atoms with van der Waals surface area (Å²) in [5.74, 6) is 0.203. The summed E-state index contributed by atoms with van der Waals surface area (Å²) in [6.07, 6.45) is 0. The lowest BCUT2D eigenvalue weighted by molar-refractivity contribution is 0.410. The summed E-state index contributed by atoms with van der Waals surface area (Å²) < 4.78 is 5.30. The van der Waals surface area contributed by atoms with Crippen molar-refractivity contribution >= 4 is 17.3 Å². The first-order valence-electron chi connectivity index (χ1n) is 5.74. The molecule has 0 aliphatic heterocycles. The van der Waals surface area contributed by atoms with E-state index in [0.29, 0.717) is 16.5 Å². The molecule has 2 rings (SSSR count). The molecular weight excluding hydrogens is 260 g/mol. The van der Waals surface area contributed by atoms with Gasteiger partial charge < -0.3 is 10.5 Å². The van der Waals surface area contributed by atoms with Gasteiger partial charge in [0.15, 0.2) is 0 Å². The van der Waals surface area contributed by atoms with Crippen LogP contribution in [0.4, 0.5) is 5.69 Å². The van der Waals surface area contributed by atoms with Gasteiger partial charge in [-0.3, -0.25) is 0 Å². The monoisotopic (exact) mass is 272 g/mol. The van der Waals surface area contributed by atoms with Crippen molar-refractivity contribution in [3.63, 3.8) is 0 Å². The molecule has 19 heavy (non-hydrogen) atoms. The third-order valence-corrected chi connectivity index (χ3v) is 3.15. The predicted molar refractivity (Wildman–Crippen MR) is 76.3 cm³/mol. The standard InChI is InChI=1S/C15H13ClN2O/c1-19-15-8-12(18)6-7-13(15)14(9-17)10-2-4-11(16)5-3-10/h2-8,14H,18H2,1H3. The third-order valence-electron chi connectivity index (χ3n) is 2.90. The SMILES string of the molecule is COc1cc(N)ccc1C(C#N)c1ccc(Cl)cc1. The number of hydrogen-bond donors (Lipinski definition) is 1. The maximum Gasteiger partial charge on any atom is 0.125 e. The molecule has 0 bridgehead atoms. The van der Waals surface area contributed by atoms with Crippen LogP contribution >= 0.6 is 11.6 Å². The van der Waals surface area contributed by atoms with Crippen molar-refractivity contribution in [3.8, 4) is 11.8 Å². The highest BCUT2D eigenvalue weighted by Gasteiger charge is 2.17. The van der Waals surface area contributed by atoms with Gasteiger partial charge in [0.25, 0.3) is 0 Å². The first kappa shape index (κ1) is 13.3. The number of nitrogen functional groups attached to an aromatic ring is 1. The second-order valence-corrected chi connectivity index (χ2v) is 4.55. The quantitative estimate of drug-likeness (QED) is 0.869. The average molecular weight is 273 g/mol. The summed E-state index contributed by atoms with van der Waals surface area (Å²) in [6, 6.07) is 14.8. The van der Waals surface area contributed by atoms with Crippen LogP contribution in [0.25, 0.3) is 0 Å². The Hall–Kier alpha value is -2.18. The Bertz CT molecular complexity index is 617. The number of halogens is 1. The molecule has 1 atom stereocenters. The zero-order valence-electron chi connectivity index (χ0n) is 10.4. The molecule has 0 spiro atoms. The first-order valence-corrected chi connectivity index (χ1v) is 6.12. The van der Waals surface area contributed by atoms with Crippen LogP contribution in [0, 0.1) is 11.3 Å². The molecule has 0 saturated carbocycles. The smallest absolute Gasteiger partial charge is 0.125 e. The van der Waals surface area contributed by atoms with E-state index in [0.717, 1.165) is 11.1 Å². The summed E-state index contributed by atoms with van der Waals surface area (Å²) in [7, 11) is 1.56. The number of hydrogen-bond acceptors (Lipinski definition) is 3. The van der Waals surface area contributed by atoms with Crippen molar-refractivity contribution in [1.29, 1.82) is 5.26 Å². The van der Waals surface area contributed by atoms with Gasteiger partial charge in [0.2, 0.25) is 0 Å². The molecule has 4 heteroatoms. The molecule has 0 saturated heterocycles. The number of ether oxygens (including phenoxy) is 1. The topological polar surface area (TPSA) is 59.0 Å². The van der Waals surface area contributed by atoms with Crippen LogP contribution in [0.5, 0.6) is 5.75 Å².